The van der Waals surface area contributed by atoms with Gasteiger partial charge in [0.2, 0.25) is 5.95 Å². The van der Waals surface area contributed by atoms with Crippen molar-refractivity contribution in [2.45, 2.75) is 46.0 Å². The van der Waals surface area contributed by atoms with E-state index >= 15 is 0 Å². The lowest BCUT2D eigenvalue weighted by Gasteiger charge is -2.26. The lowest BCUT2D eigenvalue weighted by molar-refractivity contribution is -0.138. The number of aromatic nitrogens is 4. The van der Waals surface area contributed by atoms with Gasteiger partial charge in [0.05, 0.1) is 11.3 Å². The van der Waals surface area contributed by atoms with Crippen molar-refractivity contribution in [2.24, 2.45) is 0 Å². The normalized spacial score (nSPS) is 15.1. The van der Waals surface area contributed by atoms with Crippen molar-refractivity contribution in [3.05, 3.63) is 89.6 Å². The highest BCUT2D eigenvalue weighted by Gasteiger charge is 2.35. The number of hydrogen-bond donors (Lipinski definition) is 2. The van der Waals surface area contributed by atoms with E-state index in [1.807, 2.05) is 6.92 Å². The summed E-state index contributed by atoms with van der Waals surface area (Å²) in [5, 5.41) is 5.88. The molecule has 1 aliphatic heterocycles. The number of alkyl halides is 3. The van der Waals surface area contributed by atoms with Crippen LogP contribution in [0.2, 0.25) is 0 Å². The topological polar surface area (TPSA) is 99.2 Å². The summed E-state index contributed by atoms with van der Waals surface area (Å²) < 4.78 is 42.5. The lowest BCUT2D eigenvalue weighted by atomic mass is 10.0. The minimum Gasteiger partial charge on any atom is -0.324 e. The number of likely N-dealkylation sites (N-methyl/N-ethyl adjacent to an activating group) is 1. The van der Waals surface area contributed by atoms with Gasteiger partial charge in [0.25, 0.3) is 5.91 Å². The van der Waals surface area contributed by atoms with Crippen LogP contribution in [0.25, 0.3) is 11.3 Å². The second kappa shape index (κ2) is 14.8. The highest BCUT2D eigenvalue weighted by atomic mass is 35.5. The summed E-state index contributed by atoms with van der Waals surface area (Å²) >= 11 is 0. The zero-order valence-corrected chi connectivity index (χ0v) is 26.1. The molecule has 0 saturated carbocycles. The van der Waals surface area contributed by atoms with Crippen molar-refractivity contribution in [1.29, 1.82) is 0 Å². The third-order valence-corrected chi connectivity index (χ3v) is 7.90. The Balaban J connectivity index is 0.00000461. The van der Waals surface area contributed by atoms with Gasteiger partial charge < -0.3 is 10.6 Å². The number of amides is 1. The van der Waals surface area contributed by atoms with Gasteiger partial charge in [-0.3, -0.25) is 14.6 Å². The smallest absolute Gasteiger partial charge is 0.324 e. The van der Waals surface area contributed by atoms with Crippen molar-refractivity contribution >= 4 is 35.6 Å². The van der Waals surface area contributed by atoms with Crippen LogP contribution < -0.4 is 10.6 Å². The molecule has 0 bridgehead atoms. The summed E-state index contributed by atoms with van der Waals surface area (Å²) in [6.07, 6.45) is 2.66. The molecular weight excluding hydrogens is 605 g/mol. The maximum Gasteiger partial charge on any atom is 0.416 e. The van der Waals surface area contributed by atoms with Crippen LogP contribution in [-0.4, -0.2) is 67.9 Å². The Hall–Kier alpha value is -4.13. The second-order valence-corrected chi connectivity index (χ2v) is 10.8. The Bertz CT molecular complexity index is 1600. The largest absolute Gasteiger partial charge is 0.416 e. The molecule has 0 unspecified atom stereocenters. The SMILES string of the molecule is CCN(CC)[C@H]1CCN(Cc2ccc(C(=O)Nc3ccc(C)c(Nc4nccc(-c5cncnc5)n4)c3)cc2C(F)(F)F)C1.Cl. The number of anilines is 3. The number of nitrogens with zero attached hydrogens (tertiary/aromatic N) is 6. The molecule has 2 N–H and O–H groups in total. The molecule has 0 radical (unpaired) electrons. The summed E-state index contributed by atoms with van der Waals surface area (Å²) in [5.41, 5.74) is 2.56. The summed E-state index contributed by atoms with van der Waals surface area (Å²) in [6.45, 7) is 9.54. The maximum absolute atomic E-state index is 14.2. The second-order valence-electron chi connectivity index (χ2n) is 10.8. The molecule has 1 saturated heterocycles. The monoisotopic (exact) mass is 640 g/mol. The maximum atomic E-state index is 14.2. The van der Waals surface area contributed by atoms with Gasteiger partial charge in [0.15, 0.2) is 0 Å². The Morgan fingerprint density at radius 3 is 2.53 bits per heavy atom. The predicted molar refractivity (Wildman–Crippen MR) is 171 cm³/mol. The third kappa shape index (κ3) is 8.33. The van der Waals surface area contributed by atoms with Crippen LogP contribution in [0.5, 0.6) is 0 Å². The number of carbonyl (C=O) groups excluding carboxylic acids is 1. The van der Waals surface area contributed by atoms with Gasteiger partial charge in [-0.05, 0) is 67.9 Å². The van der Waals surface area contributed by atoms with Gasteiger partial charge in [-0.25, -0.2) is 19.9 Å². The van der Waals surface area contributed by atoms with E-state index in [4.69, 9.17) is 0 Å². The molecule has 1 aliphatic rings. The zero-order valence-electron chi connectivity index (χ0n) is 25.3. The van der Waals surface area contributed by atoms with E-state index in [1.165, 1.54) is 18.5 Å². The predicted octanol–water partition coefficient (Wildman–Crippen LogP) is 6.59. The Kier molecular flexibility index (Phi) is 11.1. The van der Waals surface area contributed by atoms with Crippen molar-refractivity contribution in [2.75, 3.05) is 36.8 Å². The third-order valence-electron chi connectivity index (χ3n) is 7.90. The molecular formula is C32H36ClF3N8O. The number of likely N-dealkylation sites (tertiary alicyclic amines) is 1. The first-order valence-corrected chi connectivity index (χ1v) is 14.6. The number of hydrogen-bond acceptors (Lipinski definition) is 8. The van der Waals surface area contributed by atoms with Gasteiger partial charge in [-0.1, -0.05) is 26.0 Å². The number of aryl methyl sites for hydroxylation is 1. The van der Waals surface area contributed by atoms with Crippen molar-refractivity contribution in [3.8, 4) is 11.3 Å². The first kappa shape index (κ1) is 33.8. The molecule has 2 aromatic heterocycles. The van der Waals surface area contributed by atoms with Crippen LogP contribution >= 0.6 is 12.4 Å². The minimum atomic E-state index is -4.59. The van der Waals surface area contributed by atoms with Gasteiger partial charge >= 0.3 is 6.18 Å². The highest BCUT2D eigenvalue weighted by Crippen LogP contribution is 2.34. The molecule has 2 aromatic carbocycles. The molecule has 238 valence electrons. The number of halogens is 4. The van der Waals surface area contributed by atoms with Crippen molar-refractivity contribution < 1.29 is 18.0 Å². The van der Waals surface area contributed by atoms with Crippen LogP contribution in [0.3, 0.4) is 0 Å². The van der Waals surface area contributed by atoms with Gasteiger partial charge in [0.1, 0.15) is 6.33 Å². The standard InChI is InChI=1S/C32H35F3N8O.ClH/c1-4-43(5-2)26-11-13-42(19-26)18-23-8-7-22(14-27(23)32(33,34)35)30(44)39-25-9-6-21(3)29(15-25)41-31-38-12-10-28(40-31)24-16-36-20-37-17-24;/h6-10,12,14-17,20,26H,4-5,11,13,18-19H2,1-3H3,(H,39,44)(H,38,40,41);1H/t26-;/m0./s1. The van der Waals surface area contributed by atoms with Crippen molar-refractivity contribution in [3.63, 3.8) is 0 Å². The first-order valence-electron chi connectivity index (χ1n) is 14.6. The van der Waals surface area contributed by atoms with E-state index in [0.29, 0.717) is 29.1 Å². The summed E-state index contributed by atoms with van der Waals surface area (Å²) in [4.78, 5) is 34.4. The van der Waals surface area contributed by atoms with Crippen LogP contribution in [0.1, 0.15) is 47.3 Å². The molecule has 3 heterocycles. The Morgan fingerprint density at radius 2 is 1.82 bits per heavy atom. The quantitative estimate of drug-likeness (QED) is 0.200. The van der Waals surface area contributed by atoms with Crippen molar-refractivity contribution in [1.82, 2.24) is 29.7 Å². The van der Waals surface area contributed by atoms with E-state index in [9.17, 15) is 18.0 Å². The fraction of sp³-hybridized carbons (Fsp3) is 0.344. The summed E-state index contributed by atoms with van der Waals surface area (Å²) in [5.74, 6) is -0.313. The molecule has 13 heteroatoms. The molecule has 0 aliphatic carbocycles. The molecule has 5 rings (SSSR count). The zero-order chi connectivity index (χ0) is 31.3. The number of nitrogens with one attached hydrogen (secondary N) is 2. The minimum absolute atomic E-state index is 0. The average Bonchev–Trinajstić information content (AvgIpc) is 3.47. The number of benzene rings is 2. The Labute approximate surface area is 266 Å². The summed E-state index contributed by atoms with van der Waals surface area (Å²) in [7, 11) is 0. The average molecular weight is 641 g/mol. The molecule has 4 aromatic rings. The Morgan fingerprint density at radius 1 is 1.07 bits per heavy atom. The van der Waals surface area contributed by atoms with E-state index in [2.05, 4.69) is 54.2 Å². The van der Waals surface area contributed by atoms with E-state index in [-0.39, 0.29) is 30.1 Å². The molecule has 0 spiro atoms. The van der Waals surface area contributed by atoms with Crippen LogP contribution in [0, 0.1) is 6.92 Å². The van der Waals surface area contributed by atoms with E-state index in [1.54, 1.807) is 42.9 Å². The summed E-state index contributed by atoms with van der Waals surface area (Å²) in [6, 6.07) is 11.1. The molecule has 1 atom stereocenters. The first-order chi connectivity index (χ1) is 21.1. The van der Waals surface area contributed by atoms with E-state index < -0.39 is 17.6 Å². The van der Waals surface area contributed by atoms with Crippen LogP contribution in [0.15, 0.2) is 67.4 Å². The van der Waals surface area contributed by atoms with Crippen LogP contribution in [0.4, 0.5) is 30.5 Å². The fourth-order valence-corrected chi connectivity index (χ4v) is 5.52. The molecule has 45 heavy (non-hydrogen) atoms. The van der Waals surface area contributed by atoms with Crippen LogP contribution in [-0.2, 0) is 12.7 Å². The molecule has 1 fully saturated rings. The highest BCUT2D eigenvalue weighted by molar-refractivity contribution is 6.04. The van der Waals surface area contributed by atoms with Gasteiger partial charge in [0, 0.05) is 66.8 Å². The molecule has 1 amide bonds. The number of rotatable bonds is 10. The van der Waals surface area contributed by atoms with Gasteiger partial charge in [-0.15, -0.1) is 12.4 Å². The van der Waals surface area contributed by atoms with Gasteiger partial charge in [-0.2, -0.15) is 13.2 Å². The number of carbonyl (C=O) groups is 1. The van der Waals surface area contributed by atoms with E-state index in [0.717, 1.165) is 49.8 Å². The molecule has 9 nitrogen and oxygen atoms in total. The lowest BCUT2D eigenvalue weighted by Crippen LogP contribution is -2.37. The fourth-order valence-electron chi connectivity index (χ4n) is 5.52.